The molecule has 4 nitrogen and oxygen atoms in total. The van der Waals surface area contributed by atoms with E-state index in [0.717, 1.165) is 0 Å². The molecule has 25 heavy (non-hydrogen) atoms. The molecular weight excluding hydrogens is 392 g/mol. The van der Waals surface area contributed by atoms with Crippen molar-refractivity contribution in [3.63, 3.8) is 0 Å². The van der Waals surface area contributed by atoms with Gasteiger partial charge in [-0.2, -0.15) is 0 Å². The lowest BCUT2D eigenvalue weighted by Crippen LogP contribution is -2.30. The molecule has 0 fully saturated rings. The van der Waals surface area contributed by atoms with E-state index in [2.05, 4.69) is 5.32 Å². The zero-order valence-corrected chi connectivity index (χ0v) is 15.3. The average Bonchev–Trinajstić information content (AvgIpc) is 2.50. The minimum Gasteiger partial charge on any atom is -0.452 e. The van der Waals surface area contributed by atoms with E-state index in [0.29, 0.717) is 15.7 Å². The smallest absolute Gasteiger partial charge is 0.311 e. The number of hydrogen-bond acceptors (Lipinski definition) is 3. The van der Waals surface area contributed by atoms with Crippen molar-refractivity contribution in [2.24, 2.45) is 0 Å². The number of carbonyl (C=O) groups excluding carboxylic acids is 2. The van der Waals surface area contributed by atoms with Gasteiger partial charge in [0.15, 0.2) is 6.10 Å². The Morgan fingerprint density at radius 2 is 1.80 bits per heavy atom. The van der Waals surface area contributed by atoms with E-state index in [1.165, 1.54) is 43.3 Å². The third kappa shape index (κ3) is 5.59. The summed E-state index contributed by atoms with van der Waals surface area (Å²) in [5, 5.41) is 3.34. The van der Waals surface area contributed by atoms with Crippen LogP contribution in [-0.2, 0) is 20.7 Å². The number of carbonyl (C=O) groups is 2. The summed E-state index contributed by atoms with van der Waals surface area (Å²) in [4.78, 5) is 24.0. The number of benzene rings is 2. The fourth-order valence-electron chi connectivity index (χ4n) is 2.01. The molecule has 0 radical (unpaired) electrons. The van der Waals surface area contributed by atoms with Gasteiger partial charge in [-0.15, -0.1) is 0 Å². The first-order valence-corrected chi connectivity index (χ1v) is 8.29. The zero-order chi connectivity index (χ0) is 18.6. The molecule has 0 bridgehead atoms. The van der Waals surface area contributed by atoms with Crippen LogP contribution in [0.5, 0.6) is 0 Å². The average molecular weight is 405 g/mol. The third-order valence-corrected chi connectivity index (χ3v) is 3.98. The summed E-state index contributed by atoms with van der Waals surface area (Å²) in [6.07, 6.45) is -1.48. The Kier molecular flexibility index (Phi) is 6.64. The van der Waals surface area contributed by atoms with Crippen LogP contribution < -0.4 is 5.32 Å². The predicted molar refractivity (Wildman–Crippen MR) is 95.8 cm³/mol. The minimum atomic E-state index is -1.10. The largest absolute Gasteiger partial charge is 0.452 e. The molecule has 0 unspecified atom stereocenters. The number of nitrogens with one attached hydrogen (secondary N) is 1. The van der Waals surface area contributed by atoms with Crippen molar-refractivity contribution in [1.82, 2.24) is 0 Å². The van der Waals surface area contributed by atoms with Crippen molar-refractivity contribution in [1.29, 1.82) is 0 Å². The Labute approximate surface area is 158 Å². The Balaban J connectivity index is 1.97. The fraction of sp³-hybridized carbons (Fsp3) is 0.176. The van der Waals surface area contributed by atoms with Crippen LogP contribution in [0.15, 0.2) is 36.4 Å². The molecule has 2 aromatic rings. The summed E-state index contributed by atoms with van der Waals surface area (Å²) in [6.45, 7) is 1.39. The van der Waals surface area contributed by atoms with Crippen LogP contribution in [0.25, 0.3) is 0 Å². The Hall–Kier alpha value is -1.82. The molecular formula is C17H13Cl3FNO3. The second-order valence-corrected chi connectivity index (χ2v) is 6.44. The maximum absolute atomic E-state index is 13.7. The number of rotatable bonds is 5. The summed E-state index contributed by atoms with van der Waals surface area (Å²) in [6, 6.07) is 8.59. The van der Waals surface area contributed by atoms with Crippen LogP contribution in [0.1, 0.15) is 12.5 Å². The molecule has 1 atom stereocenters. The zero-order valence-electron chi connectivity index (χ0n) is 13.0. The van der Waals surface area contributed by atoms with Crippen molar-refractivity contribution >= 4 is 52.4 Å². The molecule has 1 N–H and O–H groups in total. The van der Waals surface area contributed by atoms with Crippen LogP contribution in [-0.4, -0.2) is 18.0 Å². The Morgan fingerprint density at radius 1 is 1.16 bits per heavy atom. The number of esters is 1. The highest BCUT2D eigenvalue weighted by Gasteiger charge is 2.20. The van der Waals surface area contributed by atoms with E-state index in [1.54, 1.807) is 0 Å². The molecule has 8 heteroatoms. The summed E-state index contributed by atoms with van der Waals surface area (Å²) in [7, 11) is 0. The summed E-state index contributed by atoms with van der Waals surface area (Å²) >= 11 is 17.6. The monoisotopic (exact) mass is 403 g/mol. The molecule has 0 heterocycles. The molecule has 132 valence electrons. The molecule has 0 saturated carbocycles. The van der Waals surface area contributed by atoms with Gasteiger partial charge >= 0.3 is 5.97 Å². The van der Waals surface area contributed by atoms with E-state index >= 15 is 0 Å². The Bertz CT molecular complexity index is 773. The van der Waals surface area contributed by atoms with Crippen LogP contribution in [0.2, 0.25) is 15.1 Å². The van der Waals surface area contributed by atoms with Crippen molar-refractivity contribution in [2.75, 3.05) is 5.32 Å². The quantitative estimate of drug-likeness (QED) is 0.721. The number of halogens is 4. The van der Waals surface area contributed by atoms with Crippen LogP contribution in [0, 0.1) is 5.82 Å². The van der Waals surface area contributed by atoms with Gasteiger partial charge in [-0.05, 0) is 37.3 Å². The van der Waals surface area contributed by atoms with Crippen LogP contribution >= 0.6 is 34.8 Å². The van der Waals surface area contributed by atoms with Gasteiger partial charge in [0.1, 0.15) is 5.82 Å². The van der Waals surface area contributed by atoms with Gasteiger partial charge in [-0.3, -0.25) is 9.59 Å². The molecule has 2 rings (SSSR count). The first-order chi connectivity index (χ1) is 11.8. The Morgan fingerprint density at radius 3 is 2.40 bits per heavy atom. The molecule has 0 spiro atoms. The van der Waals surface area contributed by atoms with E-state index in [-0.39, 0.29) is 17.0 Å². The lowest BCUT2D eigenvalue weighted by Gasteiger charge is -2.14. The number of hydrogen-bond donors (Lipinski definition) is 1. The molecule has 0 aromatic heterocycles. The molecule has 0 aliphatic rings. The number of amides is 1. The maximum atomic E-state index is 13.7. The number of anilines is 1. The standard InChI is InChI=1S/C17H13Cl3FNO3/c1-9(17(24)22-12-6-10(18)5-11(19)7-12)25-16(23)8-13-14(20)3-2-4-15(13)21/h2-7,9H,8H2,1H3,(H,22,24)/t9-/m1/s1. The van der Waals surface area contributed by atoms with Gasteiger partial charge in [0, 0.05) is 26.3 Å². The fourth-order valence-corrected chi connectivity index (χ4v) is 2.76. The van der Waals surface area contributed by atoms with E-state index in [1.807, 2.05) is 0 Å². The third-order valence-electron chi connectivity index (χ3n) is 3.19. The van der Waals surface area contributed by atoms with Gasteiger partial charge in [0.05, 0.1) is 6.42 Å². The number of ether oxygens (including phenoxy) is 1. The molecule has 0 aliphatic heterocycles. The van der Waals surface area contributed by atoms with E-state index in [9.17, 15) is 14.0 Å². The van der Waals surface area contributed by atoms with Gasteiger partial charge in [-0.25, -0.2) is 4.39 Å². The summed E-state index contributed by atoms with van der Waals surface area (Å²) in [5.41, 5.74) is 0.381. The van der Waals surface area contributed by atoms with Gasteiger partial charge in [-0.1, -0.05) is 40.9 Å². The lowest BCUT2D eigenvalue weighted by atomic mass is 10.1. The lowest BCUT2D eigenvalue weighted by molar-refractivity contribution is -0.152. The molecule has 1 amide bonds. The first kappa shape index (κ1) is 19.5. The SMILES string of the molecule is C[C@@H](OC(=O)Cc1c(F)cccc1Cl)C(=O)Nc1cc(Cl)cc(Cl)c1. The molecule has 0 aliphatic carbocycles. The second kappa shape index (κ2) is 8.52. The second-order valence-electron chi connectivity index (χ2n) is 5.16. The van der Waals surface area contributed by atoms with Gasteiger partial charge in [0.2, 0.25) is 0 Å². The van der Waals surface area contributed by atoms with Crippen molar-refractivity contribution in [3.05, 3.63) is 62.8 Å². The highest BCUT2D eigenvalue weighted by molar-refractivity contribution is 6.35. The van der Waals surface area contributed by atoms with Crippen LogP contribution in [0.3, 0.4) is 0 Å². The molecule has 2 aromatic carbocycles. The van der Waals surface area contributed by atoms with Gasteiger partial charge in [0.25, 0.3) is 5.91 Å². The predicted octanol–water partition coefficient (Wildman–Crippen LogP) is 4.90. The first-order valence-electron chi connectivity index (χ1n) is 7.15. The minimum absolute atomic E-state index is 0.0170. The van der Waals surface area contributed by atoms with Gasteiger partial charge < -0.3 is 10.1 Å². The van der Waals surface area contributed by atoms with E-state index < -0.39 is 23.8 Å². The summed E-state index contributed by atoms with van der Waals surface area (Å²) < 4.78 is 18.7. The van der Waals surface area contributed by atoms with Crippen molar-refractivity contribution in [2.45, 2.75) is 19.4 Å². The maximum Gasteiger partial charge on any atom is 0.311 e. The summed E-state index contributed by atoms with van der Waals surface area (Å²) in [5.74, 6) is -1.97. The van der Waals surface area contributed by atoms with Crippen molar-refractivity contribution < 1.29 is 18.7 Å². The topological polar surface area (TPSA) is 55.4 Å². The van der Waals surface area contributed by atoms with E-state index in [4.69, 9.17) is 39.5 Å². The highest BCUT2D eigenvalue weighted by atomic mass is 35.5. The van der Waals surface area contributed by atoms with Crippen molar-refractivity contribution in [3.8, 4) is 0 Å². The molecule has 0 saturated heterocycles. The highest BCUT2D eigenvalue weighted by Crippen LogP contribution is 2.23. The van der Waals surface area contributed by atoms with Crippen LogP contribution in [0.4, 0.5) is 10.1 Å². The normalized spacial score (nSPS) is 11.7.